The number of carbonyl (C=O) groups is 1. The summed E-state index contributed by atoms with van der Waals surface area (Å²) in [7, 11) is 1.38. The SMILES string of the molecule is CCC1CC[C@@H](CCOCc2c(C3CCCCC3)noc2C2CC2)N1c1nc(C)cc(C(=O)OC)n1. The van der Waals surface area contributed by atoms with E-state index in [1.807, 2.05) is 6.92 Å². The summed E-state index contributed by atoms with van der Waals surface area (Å²) in [6.45, 7) is 5.34. The van der Waals surface area contributed by atoms with E-state index in [9.17, 15) is 4.79 Å². The highest BCUT2D eigenvalue weighted by Gasteiger charge is 2.36. The van der Waals surface area contributed by atoms with Gasteiger partial charge in [0.1, 0.15) is 5.76 Å². The zero-order valence-electron chi connectivity index (χ0n) is 22.0. The van der Waals surface area contributed by atoms with Crippen LogP contribution in [0.3, 0.4) is 0 Å². The van der Waals surface area contributed by atoms with Crippen LogP contribution in [0, 0.1) is 6.92 Å². The molecule has 3 fully saturated rings. The van der Waals surface area contributed by atoms with E-state index in [0.717, 1.165) is 42.8 Å². The van der Waals surface area contributed by atoms with Gasteiger partial charge in [-0.2, -0.15) is 0 Å². The van der Waals surface area contributed by atoms with Crippen LogP contribution in [0.15, 0.2) is 10.6 Å². The second-order valence-electron chi connectivity index (χ2n) is 10.7. The van der Waals surface area contributed by atoms with Gasteiger partial charge in [0.25, 0.3) is 0 Å². The molecule has 1 aliphatic heterocycles. The van der Waals surface area contributed by atoms with Gasteiger partial charge in [-0.05, 0) is 64.4 Å². The van der Waals surface area contributed by atoms with Crippen LogP contribution in [0.1, 0.15) is 123 Å². The third-order valence-corrected chi connectivity index (χ3v) is 8.19. The number of rotatable bonds is 10. The van der Waals surface area contributed by atoms with E-state index in [-0.39, 0.29) is 6.04 Å². The molecule has 36 heavy (non-hydrogen) atoms. The van der Waals surface area contributed by atoms with Gasteiger partial charge in [0, 0.05) is 41.8 Å². The number of aryl methyl sites for hydroxylation is 1. The Labute approximate surface area is 214 Å². The van der Waals surface area contributed by atoms with Crippen LogP contribution in [-0.2, 0) is 16.1 Å². The molecule has 8 heteroatoms. The summed E-state index contributed by atoms with van der Waals surface area (Å²) in [5.74, 6) is 2.33. The van der Waals surface area contributed by atoms with Crippen LogP contribution >= 0.6 is 0 Å². The molecule has 2 atom stereocenters. The van der Waals surface area contributed by atoms with Gasteiger partial charge in [0.15, 0.2) is 5.69 Å². The topological polar surface area (TPSA) is 90.6 Å². The Balaban J connectivity index is 1.25. The van der Waals surface area contributed by atoms with Gasteiger partial charge in [-0.1, -0.05) is 31.3 Å². The smallest absolute Gasteiger partial charge is 0.356 e. The van der Waals surface area contributed by atoms with Crippen molar-refractivity contribution in [2.75, 3.05) is 18.6 Å². The summed E-state index contributed by atoms with van der Waals surface area (Å²) in [6, 6.07) is 2.33. The lowest BCUT2D eigenvalue weighted by molar-refractivity contribution is 0.0593. The van der Waals surface area contributed by atoms with Crippen LogP contribution in [-0.4, -0.2) is 46.9 Å². The molecular weight excluding hydrogens is 456 g/mol. The quantitative estimate of drug-likeness (QED) is 0.299. The molecule has 2 aromatic heterocycles. The van der Waals surface area contributed by atoms with Gasteiger partial charge in [0.2, 0.25) is 5.95 Å². The molecule has 0 bridgehead atoms. The van der Waals surface area contributed by atoms with Crippen molar-refractivity contribution >= 4 is 11.9 Å². The van der Waals surface area contributed by atoms with Gasteiger partial charge >= 0.3 is 5.97 Å². The Kier molecular flexibility index (Phi) is 7.89. The lowest BCUT2D eigenvalue weighted by Crippen LogP contribution is -2.38. The highest BCUT2D eigenvalue weighted by molar-refractivity contribution is 5.87. The molecule has 1 unspecified atom stereocenters. The van der Waals surface area contributed by atoms with Crippen molar-refractivity contribution in [3.05, 3.63) is 34.5 Å². The monoisotopic (exact) mass is 496 g/mol. The Bertz CT molecular complexity index is 1040. The van der Waals surface area contributed by atoms with E-state index >= 15 is 0 Å². The fraction of sp³-hybridized carbons (Fsp3) is 0.714. The molecule has 5 rings (SSSR count). The first-order chi connectivity index (χ1) is 17.6. The fourth-order valence-electron chi connectivity index (χ4n) is 6.09. The standard InChI is InChI=1S/C28H40N4O4/c1-4-21-12-13-22(32(21)28-29-18(2)16-24(30-28)27(33)34-3)14-15-35-17-23-25(19-8-6-5-7-9-19)31-36-26(23)20-10-11-20/h16,19-22H,4-15,17H2,1-3H3/t21?,22-/m0/s1. The molecule has 2 aromatic rings. The maximum Gasteiger partial charge on any atom is 0.356 e. The molecule has 0 aromatic carbocycles. The Morgan fingerprint density at radius 2 is 1.83 bits per heavy atom. The van der Waals surface area contributed by atoms with Gasteiger partial charge < -0.3 is 18.9 Å². The summed E-state index contributed by atoms with van der Waals surface area (Å²) >= 11 is 0. The second-order valence-corrected chi connectivity index (χ2v) is 10.7. The molecular formula is C28H40N4O4. The number of hydrogen-bond donors (Lipinski definition) is 0. The highest BCUT2D eigenvalue weighted by Crippen LogP contribution is 2.45. The first-order valence-corrected chi connectivity index (χ1v) is 13.9. The molecule has 1 saturated heterocycles. The second kappa shape index (κ2) is 11.3. The van der Waals surface area contributed by atoms with E-state index in [0.29, 0.717) is 42.7 Å². The van der Waals surface area contributed by atoms with Crippen molar-refractivity contribution in [3.8, 4) is 0 Å². The maximum absolute atomic E-state index is 12.1. The van der Waals surface area contributed by atoms with Crippen molar-refractivity contribution < 1.29 is 18.8 Å². The summed E-state index contributed by atoms with van der Waals surface area (Å²) in [5.41, 5.74) is 3.47. The van der Waals surface area contributed by atoms with Gasteiger partial charge in [-0.3, -0.25) is 0 Å². The molecule has 196 valence electrons. The lowest BCUT2D eigenvalue weighted by atomic mass is 9.85. The number of hydrogen-bond acceptors (Lipinski definition) is 8. The number of anilines is 1. The minimum absolute atomic E-state index is 0.283. The van der Waals surface area contributed by atoms with E-state index in [2.05, 4.69) is 22.0 Å². The normalized spacial score (nSPS) is 22.8. The Morgan fingerprint density at radius 1 is 1.06 bits per heavy atom. The Morgan fingerprint density at radius 3 is 2.56 bits per heavy atom. The van der Waals surface area contributed by atoms with Crippen LogP contribution in [0.2, 0.25) is 0 Å². The van der Waals surface area contributed by atoms with Crippen molar-refractivity contribution in [1.82, 2.24) is 15.1 Å². The average Bonchev–Trinajstić information content (AvgIpc) is 3.52. The summed E-state index contributed by atoms with van der Waals surface area (Å²) in [5, 5.41) is 4.55. The van der Waals surface area contributed by atoms with Crippen molar-refractivity contribution in [3.63, 3.8) is 0 Å². The first kappa shape index (κ1) is 25.2. The third kappa shape index (κ3) is 5.43. The van der Waals surface area contributed by atoms with Crippen LogP contribution in [0.25, 0.3) is 0 Å². The Hall–Kier alpha value is -2.48. The number of nitrogens with zero attached hydrogens (tertiary/aromatic N) is 4. The summed E-state index contributed by atoms with van der Waals surface area (Å²) < 4.78 is 17.1. The maximum atomic E-state index is 12.1. The van der Waals surface area contributed by atoms with Gasteiger partial charge in [-0.25, -0.2) is 14.8 Å². The third-order valence-electron chi connectivity index (χ3n) is 8.19. The zero-order chi connectivity index (χ0) is 25.1. The summed E-state index contributed by atoms with van der Waals surface area (Å²) in [4.78, 5) is 23.7. The predicted octanol–water partition coefficient (Wildman–Crippen LogP) is 5.84. The number of methoxy groups -OCH3 is 1. The largest absolute Gasteiger partial charge is 0.464 e. The lowest BCUT2D eigenvalue weighted by Gasteiger charge is -2.30. The van der Waals surface area contributed by atoms with Gasteiger partial charge in [0.05, 0.1) is 19.4 Å². The summed E-state index contributed by atoms with van der Waals surface area (Å²) in [6.07, 6.45) is 12.8. The van der Waals surface area contributed by atoms with Crippen molar-refractivity contribution in [1.29, 1.82) is 0 Å². The zero-order valence-corrected chi connectivity index (χ0v) is 22.0. The van der Waals surface area contributed by atoms with E-state index in [4.69, 9.17) is 19.0 Å². The molecule has 0 spiro atoms. The molecule has 3 aliphatic rings. The fourth-order valence-corrected chi connectivity index (χ4v) is 6.09. The van der Waals surface area contributed by atoms with Gasteiger partial charge in [-0.15, -0.1) is 0 Å². The van der Waals surface area contributed by atoms with Crippen LogP contribution < -0.4 is 4.90 Å². The molecule has 2 aliphatic carbocycles. The number of esters is 1. The first-order valence-electron chi connectivity index (χ1n) is 13.9. The van der Waals surface area contributed by atoms with E-state index in [1.54, 1.807) is 6.07 Å². The highest BCUT2D eigenvalue weighted by atomic mass is 16.5. The van der Waals surface area contributed by atoms with Crippen molar-refractivity contribution in [2.24, 2.45) is 0 Å². The van der Waals surface area contributed by atoms with E-state index < -0.39 is 5.97 Å². The minimum Gasteiger partial charge on any atom is -0.464 e. The molecule has 0 radical (unpaired) electrons. The number of aromatic nitrogens is 3. The predicted molar refractivity (Wildman–Crippen MR) is 136 cm³/mol. The minimum atomic E-state index is -0.428. The molecule has 3 heterocycles. The van der Waals surface area contributed by atoms with Crippen molar-refractivity contribution in [2.45, 2.75) is 115 Å². The van der Waals surface area contributed by atoms with E-state index in [1.165, 1.54) is 57.6 Å². The molecule has 0 amide bonds. The number of ether oxygens (including phenoxy) is 2. The molecule has 2 saturated carbocycles. The van der Waals surface area contributed by atoms with Crippen LogP contribution in [0.4, 0.5) is 5.95 Å². The van der Waals surface area contributed by atoms with Crippen LogP contribution in [0.5, 0.6) is 0 Å². The molecule has 8 nitrogen and oxygen atoms in total. The average molecular weight is 497 g/mol. The molecule has 0 N–H and O–H groups in total. The number of carbonyl (C=O) groups excluding carboxylic acids is 1.